The third-order valence-electron chi connectivity index (χ3n) is 7.26. The molecular weight excluding hydrogens is 445 g/mol. The van der Waals surface area contributed by atoms with Gasteiger partial charge >= 0.3 is 0 Å². The maximum Gasteiger partial charge on any atom is 0.233 e. The molecule has 35 heavy (non-hydrogen) atoms. The van der Waals surface area contributed by atoms with E-state index in [1.54, 1.807) is 18.2 Å². The molecule has 1 aromatic carbocycles. The summed E-state index contributed by atoms with van der Waals surface area (Å²) in [4.78, 5) is 11.4. The van der Waals surface area contributed by atoms with Crippen molar-refractivity contribution in [1.29, 1.82) is 0 Å². The predicted molar refractivity (Wildman–Crippen MR) is 132 cm³/mol. The normalized spacial score (nSPS) is 20.1. The Labute approximate surface area is 205 Å². The van der Waals surface area contributed by atoms with E-state index in [9.17, 15) is 4.39 Å². The van der Waals surface area contributed by atoms with Gasteiger partial charge in [-0.3, -0.25) is 0 Å². The molecule has 1 aliphatic heterocycles. The van der Waals surface area contributed by atoms with Crippen molar-refractivity contribution in [2.24, 2.45) is 17.8 Å². The summed E-state index contributed by atoms with van der Waals surface area (Å²) in [6.07, 6.45) is 8.44. The number of ether oxygens (including phenoxy) is 2. The molecule has 0 N–H and O–H groups in total. The summed E-state index contributed by atoms with van der Waals surface area (Å²) in [6, 6.07) is 8.52. The molecule has 0 spiro atoms. The van der Waals surface area contributed by atoms with E-state index >= 15 is 0 Å². The molecule has 0 radical (unpaired) electrons. The number of nitrogens with zero attached hydrogens (tertiary/aromatic N) is 5. The highest BCUT2D eigenvalue weighted by Gasteiger charge is 2.43. The van der Waals surface area contributed by atoms with Gasteiger partial charge in [-0.15, -0.1) is 10.2 Å². The van der Waals surface area contributed by atoms with Crippen LogP contribution < -0.4 is 9.64 Å². The van der Waals surface area contributed by atoms with E-state index in [2.05, 4.69) is 32.0 Å². The lowest BCUT2D eigenvalue weighted by molar-refractivity contribution is 0.104. The third-order valence-corrected chi connectivity index (χ3v) is 7.26. The van der Waals surface area contributed by atoms with Crippen LogP contribution in [0.25, 0.3) is 11.3 Å². The van der Waals surface area contributed by atoms with Crippen molar-refractivity contribution in [3.8, 4) is 17.1 Å². The summed E-state index contributed by atoms with van der Waals surface area (Å²) in [5.41, 5.74) is 2.90. The van der Waals surface area contributed by atoms with Crippen molar-refractivity contribution in [3.63, 3.8) is 0 Å². The van der Waals surface area contributed by atoms with Gasteiger partial charge in [-0.25, -0.2) is 14.4 Å². The molecule has 2 fully saturated rings. The Hall–Kier alpha value is -3.13. The Kier molecular flexibility index (Phi) is 7.18. The molecule has 2 atom stereocenters. The molecule has 0 amide bonds. The van der Waals surface area contributed by atoms with Crippen LogP contribution in [0.3, 0.4) is 0 Å². The van der Waals surface area contributed by atoms with Gasteiger partial charge in [0.05, 0.1) is 26.0 Å². The van der Waals surface area contributed by atoms with Crippen LogP contribution >= 0.6 is 0 Å². The van der Waals surface area contributed by atoms with Crippen molar-refractivity contribution >= 4 is 5.95 Å². The first-order valence-corrected chi connectivity index (χ1v) is 12.4. The number of piperidine rings is 1. The van der Waals surface area contributed by atoms with Crippen LogP contribution in [0.15, 0.2) is 42.7 Å². The number of benzene rings is 1. The topological polar surface area (TPSA) is 73.3 Å². The Balaban J connectivity index is 1.05. The molecule has 0 bridgehead atoms. The molecule has 8 heteroatoms. The van der Waals surface area contributed by atoms with Crippen LogP contribution in [0, 0.1) is 23.6 Å². The number of anilines is 1. The maximum absolute atomic E-state index is 14.6. The summed E-state index contributed by atoms with van der Waals surface area (Å²) in [5, 5.41) is 7.94. The maximum atomic E-state index is 14.6. The van der Waals surface area contributed by atoms with Crippen LogP contribution in [0.4, 0.5) is 10.3 Å². The van der Waals surface area contributed by atoms with Gasteiger partial charge in [-0.05, 0) is 72.8 Å². The fourth-order valence-electron chi connectivity index (χ4n) is 5.02. The first-order valence-electron chi connectivity index (χ1n) is 12.4. The standard InChI is InChI=1S/C27H32FN5O2/c1-3-18-14-29-27(30-15-18)33-10-8-20(9-11-33)23-13-21(23)17-35-16-19-4-5-22(24(28)12-19)25-6-7-26(34-2)32-31-25/h4-7,12,14-15,20-21,23H,3,8-11,13,16-17H2,1-2H3/t21-,23+/m0/s1. The second-order valence-corrected chi connectivity index (χ2v) is 9.52. The van der Waals surface area contributed by atoms with Gasteiger partial charge in [0.15, 0.2) is 0 Å². The van der Waals surface area contributed by atoms with Crippen molar-refractivity contribution in [3.05, 3.63) is 59.7 Å². The molecule has 1 saturated heterocycles. The average molecular weight is 478 g/mol. The first-order chi connectivity index (χ1) is 17.1. The van der Waals surface area contributed by atoms with E-state index in [1.165, 1.54) is 38.0 Å². The van der Waals surface area contributed by atoms with Gasteiger partial charge in [0.2, 0.25) is 11.8 Å². The highest BCUT2D eigenvalue weighted by molar-refractivity contribution is 5.60. The van der Waals surface area contributed by atoms with Crippen molar-refractivity contribution in [2.45, 2.75) is 39.2 Å². The van der Waals surface area contributed by atoms with Gasteiger partial charge in [-0.2, -0.15) is 0 Å². The molecule has 2 aromatic heterocycles. The Bertz CT molecular complexity index is 1120. The largest absolute Gasteiger partial charge is 0.480 e. The molecule has 1 aliphatic carbocycles. The third kappa shape index (κ3) is 5.59. The average Bonchev–Trinajstić information content (AvgIpc) is 3.69. The fourth-order valence-corrected chi connectivity index (χ4v) is 5.02. The summed E-state index contributed by atoms with van der Waals surface area (Å²) in [5.74, 6) is 3.04. The van der Waals surface area contributed by atoms with Crippen molar-refractivity contribution < 1.29 is 13.9 Å². The van der Waals surface area contributed by atoms with Crippen LogP contribution in [0.5, 0.6) is 5.88 Å². The molecule has 5 rings (SSSR count). The van der Waals surface area contributed by atoms with E-state index < -0.39 is 0 Å². The second-order valence-electron chi connectivity index (χ2n) is 9.52. The van der Waals surface area contributed by atoms with Crippen LogP contribution in [-0.4, -0.2) is 47.0 Å². The zero-order valence-corrected chi connectivity index (χ0v) is 20.4. The zero-order chi connectivity index (χ0) is 24.2. The summed E-state index contributed by atoms with van der Waals surface area (Å²) < 4.78 is 25.6. The van der Waals surface area contributed by atoms with Crippen LogP contribution in [0.2, 0.25) is 0 Å². The molecule has 2 aliphatic rings. The quantitative estimate of drug-likeness (QED) is 0.442. The first kappa shape index (κ1) is 23.6. The number of aryl methyl sites for hydroxylation is 1. The number of hydrogen-bond donors (Lipinski definition) is 0. The fraction of sp³-hybridized carbons (Fsp3) is 0.481. The summed E-state index contributed by atoms with van der Waals surface area (Å²) in [6.45, 7) is 5.31. The van der Waals surface area contributed by atoms with Gasteiger partial charge in [0.25, 0.3) is 0 Å². The molecule has 7 nitrogen and oxygen atoms in total. The van der Waals surface area contributed by atoms with E-state index in [1.807, 2.05) is 18.5 Å². The number of aromatic nitrogens is 4. The molecular formula is C27H32FN5O2. The summed E-state index contributed by atoms with van der Waals surface area (Å²) >= 11 is 0. The molecule has 0 unspecified atom stereocenters. The van der Waals surface area contributed by atoms with E-state index in [-0.39, 0.29) is 5.82 Å². The smallest absolute Gasteiger partial charge is 0.233 e. The predicted octanol–water partition coefficient (Wildman–Crippen LogP) is 4.71. The summed E-state index contributed by atoms with van der Waals surface area (Å²) in [7, 11) is 1.52. The SMILES string of the molecule is CCc1cnc(N2CCC([C@H]3C[C@H]3COCc3ccc(-c4ccc(OC)nn4)c(F)c3)CC2)nc1. The zero-order valence-electron chi connectivity index (χ0n) is 20.4. The number of rotatable bonds is 9. The van der Waals surface area contributed by atoms with Crippen molar-refractivity contribution in [2.75, 3.05) is 31.7 Å². The van der Waals surface area contributed by atoms with Crippen LogP contribution in [-0.2, 0) is 17.8 Å². The number of methoxy groups -OCH3 is 1. The van der Waals surface area contributed by atoms with E-state index in [0.29, 0.717) is 29.7 Å². The Morgan fingerprint density at radius 1 is 1.03 bits per heavy atom. The van der Waals surface area contributed by atoms with E-state index in [4.69, 9.17) is 9.47 Å². The molecule has 3 aromatic rings. The lowest BCUT2D eigenvalue weighted by atomic mass is 9.91. The monoisotopic (exact) mass is 477 g/mol. The minimum Gasteiger partial charge on any atom is -0.480 e. The number of halogens is 1. The lowest BCUT2D eigenvalue weighted by Crippen LogP contribution is -2.35. The van der Waals surface area contributed by atoms with E-state index in [0.717, 1.165) is 49.5 Å². The molecule has 3 heterocycles. The van der Waals surface area contributed by atoms with Crippen molar-refractivity contribution in [1.82, 2.24) is 20.2 Å². The minimum atomic E-state index is -0.324. The molecule has 1 saturated carbocycles. The Morgan fingerprint density at radius 3 is 2.49 bits per heavy atom. The Morgan fingerprint density at radius 2 is 1.83 bits per heavy atom. The minimum absolute atomic E-state index is 0.324. The highest BCUT2D eigenvalue weighted by Crippen LogP contribution is 2.48. The molecule has 184 valence electrons. The van der Waals surface area contributed by atoms with Gasteiger partial charge in [-0.1, -0.05) is 13.0 Å². The lowest BCUT2D eigenvalue weighted by Gasteiger charge is -2.32. The van der Waals surface area contributed by atoms with Gasteiger partial charge < -0.3 is 14.4 Å². The number of hydrogen-bond acceptors (Lipinski definition) is 7. The van der Waals surface area contributed by atoms with Crippen LogP contribution in [0.1, 0.15) is 37.3 Å². The van der Waals surface area contributed by atoms with Gasteiger partial charge in [0, 0.05) is 37.1 Å². The van der Waals surface area contributed by atoms with Gasteiger partial charge in [0.1, 0.15) is 5.82 Å². The highest BCUT2D eigenvalue weighted by atomic mass is 19.1. The second kappa shape index (κ2) is 10.6.